The van der Waals surface area contributed by atoms with E-state index in [0.717, 1.165) is 38.5 Å². The third-order valence-corrected chi connectivity index (χ3v) is 12.5. The normalized spacial score (nSPS) is 20.5. The van der Waals surface area contributed by atoms with E-state index in [9.17, 15) is 30.3 Å². The van der Waals surface area contributed by atoms with Crippen LogP contribution in [0.3, 0.4) is 0 Å². The number of rotatable bonds is 44. The maximum atomic E-state index is 13.0. The minimum atomic E-state index is -1.57. The van der Waals surface area contributed by atoms with E-state index in [1.165, 1.54) is 186 Å². The van der Waals surface area contributed by atoms with Gasteiger partial charge in [0.15, 0.2) is 6.29 Å². The summed E-state index contributed by atoms with van der Waals surface area (Å²) in [5.74, 6) is -0.183. The predicted molar refractivity (Wildman–Crippen MR) is 253 cm³/mol. The second kappa shape index (κ2) is 42.6. The zero-order valence-electron chi connectivity index (χ0n) is 39.7. The van der Waals surface area contributed by atoms with E-state index in [-0.39, 0.29) is 12.5 Å². The van der Waals surface area contributed by atoms with Gasteiger partial charge >= 0.3 is 0 Å². The monoisotopic (exact) mass is 866 g/mol. The summed E-state index contributed by atoms with van der Waals surface area (Å²) in [4.78, 5) is 13.0. The number of allylic oxidation sites excluding steroid dienone is 3. The molecule has 0 saturated carbocycles. The van der Waals surface area contributed by atoms with Crippen molar-refractivity contribution in [2.45, 2.75) is 288 Å². The lowest BCUT2D eigenvalue weighted by atomic mass is 9.99. The highest BCUT2D eigenvalue weighted by Gasteiger charge is 2.44. The Morgan fingerprint density at radius 1 is 0.541 bits per heavy atom. The van der Waals surface area contributed by atoms with E-state index in [2.05, 4.69) is 31.3 Å². The molecule has 9 nitrogen and oxygen atoms in total. The average molecular weight is 866 g/mol. The van der Waals surface area contributed by atoms with Crippen LogP contribution in [0.1, 0.15) is 245 Å². The van der Waals surface area contributed by atoms with Crippen LogP contribution in [0.15, 0.2) is 24.3 Å². The van der Waals surface area contributed by atoms with E-state index in [1.54, 1.807) is 6.08 Å². The van der Waals surface area contributed by atoms with Crippen molar-refractivity contribution in [2.75, 3.05) is 13.2 Å². The minimum absolute atomic E-state index is 0.183. The molecule has 1 fully saturated rings. The number of carbonyl (C=O) groups is 1. The molecule has 0 spiro atoms. The lowest BCUT2D eigenvalue weighted by molar-refractivity contribution is -0.302. The molecule has 0 bridgehead atoms. The average Bonchev–Trinajstić information content (AvgIpc) is 3.26. The van der Waals surface area contributed by atoms with Crippen LogP contribution in [-0.4, -0.2) is 87.5 Å². The molecule has 0 aromatic carbocycles. The molecule has 9 heteroatoms. The summed E-state index contributed by atoms with van der Waals surface area (Å²) >= 11 is 0. The molecule has 1 saturated heterocycles. The Labute approximate surface area is 375 Å². The number of unbranched alkanes of at least 4 members (excludes halogenated alkanes) is 32. The van der Waals surface area contributed by atoms with Crippen LogP contribution in [0, 0.1) is 0 Å². The van der Waals surface area contributed by atoms with Crippen LogP contribution in [0.25, 0.3) is 0 Å². The number of amides is 1. The van der Waals surface area contributed by atoms with Gasteiger partial charge < -0.3 is 40.3 Å². The number of carbonyl (C=O) groups excluding carboxylic acids is 1. The van der Waals surface area contributed by atoms with E-state index >= 15 is 0 Å². The summed E-state index contributed by atoms with van der Waals surface area (Å²) in [6.07, 6.45) is 45.2. The predicted octanol–water partition coefficient (Wildman–Crippen LogP) is 11.8. The molecule has 0 aliphatic carbocycles. The fourth-order valence-electron chi connectivity index (χ4n) is 8.35. The Morgan fingerprint density at radius 3 is 1.38 bits per heavy atom. The van der Waals surface area contributed by atoms with Crippen molar-refractivity contribution in [3.63, 3.8) is 0 Å². The van der Waals surface area contributed by atoms with Gasteiger partial charge in [-0.25, -0.2) is 0 Å². The molecule has 0 aromatic heterocycles. The Hall–Kier alpha value is -1.33. The molecule has 7 atom stereocenters. The molecule has 1 aliphatic rings. The molecule has 7 unspecified atom stereocenters. The second-order valence-corrected chi connectivity index (χ2v) is 18.3. The van der Waals surface area contributed by atoms with Crippen molar-refractivity contribution in [3.8, 4) is 0 Å². The molecule has 0 aromatic rings. The van der Waals surface area contributed by atoms with E-state index in [0.29, 0.717) is 6.42 Å². The first-order chi connectivity index (χ1) is 29.8. The van der Waals surface area contributed by atoms with Crippen LogP contribution in [0.4, 0.5) is 0 Å². The van der Waals surface area contributed by atoms with Crippen molar-refractivity contribution in [2.24, 2.45) is 0 Å². The number of hydrogen-bond acceptors (Lipinski definition) is 8. The third kappa shape index (κ3) is 32.9. The first-order valence-electron chi connectivity index (χ1n) is 26.1. The second-order valence-electron chi connectivity index (χ2n) is 18.3. The van der Waals surface area contributed by atoms with Crippen LogP contribution in [0.5, 0.6) is 0 Å². The largest absolute Gasteiger partial charge is 0.394 e. The molecule has 1 heterocycles. The van der Waals surface area contributed by atoms with Crippen LogP contribution in [-0.2, 0) is 14.3 Å². The smallest absolute Gasteiger partial charge is 0.220 e. The standard InChI is InChI=1S/C52H99NO8/c1-3-5-7-9-11-13-15-17-19-20-21-22-23-24-25-26-28-29-31-33-35-37-39-41-46(55)45(44-60-52-51(59)50(58)49(57)47(43-54)61-52)53-48(56)42-40-38-36-34-32-30-27-18-16-14-12-10-8-6-4-2/h31,33,39,41,45-47,49-52,54-55,57-59H,3-30,32,34-38,40,42-44H2,1-2H3,(H,53,56)/b33-31+,41-39+. The highest BCUT2D eigenvalue weighted by atomic mass is 16.7. The molecule has 1 aliphatic heterocycles. The Bertz CT molecular complexity index is 1010. The molecule has 6 N–H and O–H groups in total. The van der Waals surface area contributed by atoms with Crippen LogP contribution in [0.2, 0.25) is 0 Å². The Morgan fingerprint density at radius 2 is 0.934 bits per heavy atom. The number of nitrogens with one attached hydrogen (secondary N) is 1. The zero-order chi connectivity index (χ0) is 44.4. The molecular weight excluding hydrogens is 767 g/mol. The van der Waals surface area contributed by atoms with Crippen molar-refractivity contribution >= 4 is 5.91 Å². The molecule has 1 amide bonds. The highest BCUT2D eigenvalue weighted by molar-refractivity contribution is 5.76. The van der Waals surface area contributed by atoms with Gasteiger partial charge in [-0.05, 0) is 32.1 Å². The third-order valence-electron chi connectivity index (χ3n) is 12.5. The van der Waals surface area contributed by atoms with Gasteiger partial charge in [0.2, 0.25) is 5.91 Å². The lowest BCUT2D eigenvalue weighted by Crippen LogP contribution is -2.60. The fraction of sp³-hybridized carbons (Fsp3) is 0.904. The summed E-state index contributed by atoms with van der Waals surface area (Å²) in [6.45, 7) is 3.78. The van der Waals surface area contributed by atoms with Crippen molar-refractivity contribution in [3.05, 3.63) is 24.3 Å². The number of aliphatic hydroxyl groups excluding tert-OH is 5. The van der Waals surface area contributed by atoms with Crippen LogP contribution < -0.4 is 5.32 Å². The number of ether oxygens (including phenoxy) is 2. The van der Waals surface area contributed by atoms with Gasteiger partial charge in [-0.15, -0.1) is 0 Å². The number of hydrogen-bond donors (Lipinski definition) is 6. The topological polar surface area (TPSA) is 149 Å². The summed E-state index contributed by atoms with van der Waals surface area (Å²) in [5, 5.41) is 54.3. The highest BCUT2D eigenvalue weighted by Crippen LogP contribution is 2.23. The minimum Gasteiger partial charge on any atom is -0.394 e. The van der Waals surface area contributed by atoms with Crippen molar-refractivity contribution < 1.29 is 39.8 Å². The molecular formula is C52H99NO8. The number of aliphatic hydroxyl groups is 5. The molecule has 0 radical (unpaired) electrons. The summed E-state index contributed by atoms with van der Waals surface area (Å²) in [5.41, 5.74) is 0. The van der Waals surface area contributed by atoms with E-state index in [4.69, 9.17) is 9.47 Å². The Balaban J connectivity index is 2.29. The fourth-order valence-corrected chi connectivity index (χ4v) is 8.35. The SMILES string of the molecule is CCCCCCCCCCCCCCCCCCC/C=C/CC/C=C/C(O)C(COC1OC(CO)C(O)C(O)C1O)NC(=O)CCCCCCCCCCCCCCCCC. The van der Waals surface area contributed by atoms with Gasteiger partial charge in [-0.3, -0.25) is 4.79 Å². The molecule has 1 rings (SSSR count). The van der Waals surface area contributed by atoms with E-state index in [1.807, 2.05) is 6.08 Å². The summed E-state index contributed by atoms with van der Waals surface area (Å²) < 4.78 is 11.2. The van der Waals surface area contributed by atoms with Gasteiger partial charge in [-0.1, -0.05) is 231 Å². The lowest BCUT2D eigenvalue weighted by Gasteiger charge is -2.40. The van der Waals surface area contributed by atoms with Gasteiger partial charge in [0.25, 0.3) is 0 Å². The maximum absolute atomic E-state index is 13.0. The quantitative estimate of drug-likeness (QED) is 0.0262. The maximum Gasteiger partial charge on any atom is 0.220 e. The van der Waals surface area contributed by atoms with Crippen molar-refractivity contribution in [1.82, 2.24) is 5.32 Å². The van der Waals surface area contributed by atoms with Crippen molar-refractivity contribution in [1.29, 1.82) is 0 Å². The zero-order valence-corrected chi connectivity index (χ0v) is 39.7. The summed E-state index contributed by atoms with van der Waals surface area (Å²) in [6, 6.07) is -0.817. The van der Waals surface area contributed by atoms with Crippen LogP contribution >= 0.6 is 0 Å². The first kappa shape index (κ1) is 57.7. The van der Waals surface area contributed by atoms with Gasteiger partial charge in [0, 0.05) is 6.42 Å². The van der Waals surface area contributed by atoms with E-state index < -0.39 is 49.5 Å². The van der Waals surface area contributed by atoms with Gasteiger partial charge in [0.05, 0.1) is 25.4 Å². The first-order valence-corrected chi connectivity index (χ1v) is 26.1. The van der Waals surface area contributed by atoms with Gasteiger partial charge in [0.1, 0.15) is 24.4 Å². The molecule has 61 heavy (non-hydrogen) atoms. The molecule has 360 valence electrons. The van der Waals surface area contributed by atoms with Gasteiger partial charge in [-0.2, -0.15) is 0 Å². The summed E-state index contributed by atoms with van der Waals surface area (Å²) in [7, 11) is 0. The Kier molecular flexibility index (Phi) is 40.3.